The number of ether oxygens (including phenoxy) is 1. The monoisotopic (exact) mass is 271 g/mol. The van der Waals surface area contributed by atoms with Gasteiger partial charge in [0.15, 0.2) is 0 Å². The van der Waals surface area contributed by atoms with E-state index in [1.165, 1.54) is 11.3 Å². The number of methoxy groups -OCH3 is 1. The maximum absolute atomic E-state index is 5.13. The first kappa shape index (κ1) is 14.2. The van der Waals surface area contributed by atoms with E-state index in [1.54, 1.807) is 7.11 Å². The van der Waals surface area contributed by atoms with Crippen LogP contribution in [0.4, 0.5) is 11.4 Å². The van der Waals surface area contributed by atoms with Crippen molar-refractivity contribution >= 4 is 11.4 Å². The number of pyridine rings is 1. The molecule has 0 fully saturated rings. The van der Waals surface area contributed by atoms with Crippen molar-refractivity contribution in [2.45, 2.75) is 13.5 Å². The topological polar surface area (TPSA) is 37.4 Å². The summed E-state index contributed by atoms with van der Waals surface area (Å²) in [5.74, 6) is 0.641. The molecule has 1 aromatic heterocycles. The first-order valence-electron chi connectivity index (χ1n) is 6.62. The Morgan fingerprint density at radius 2 is 2.00 bits per heavy atom. The first-order chi connectivity index (χ1) is 9.60. The predicted molar refractivity (Wildman–Crippen MR) is 83.6 cm³/mol. The zero-order valence-corrected chi connectivity index (χ0v) is 12.5. The van der Waals surface area contributed by atoms with Crippen molar-refractivity contribution < 1.29 is 4.74 Å². The zero-order chi connectivity index (χ0) is 14.5. The van der Waals surface area contributed by atoms with E-state index < -0.39 is 0 Å². The smallest absolute Gasteiger partial charge is 0.213 e. The van der Waals surface area contributed by atoms with Crippen molar-refractivity contribution in [1.29, 1.82) is 0 Å². The van der Waals surface area contributed by atoms with Crippen LogP contribution in [-0.2, 0) is 6.54 Å². The largest absolute Gasteiger partial charge is 0.481 e. The molecule has 0 bridgehead atoms. The van der Waals surface area contributed by atoms with Gasteiger partial charge < -0.3 is 15.0 Å². The van der Waals surface area contributed by atoms with Gasteiger partial charge >= 0.3 is 0 Å². The molecule has 4 heteroatoms. The maximum Gasteiger partial charge on any atom is 0.213 e. The Balaban J connectivity index is 2.08. The number of anilines is 2. The summed E-state index contributed by atoms with van der Waals surface area (Å²) in [4.78, 5) is 6.50. The predicted octanol–water partition coefficient (Wildman–Crippen LogP) is 3.08. The molecule has 0 saturated heterocycles. The highest BCUT2D eigenvalue weighted by Gasteiger charge is 2.03. The lowest BCUT2D eigenvalue weighted by molar-refractivity contribution is 0.396. The van der Waals surface area contributed by atoms with Gasteiger partial charge in [-0.2, -0.15) is 0 Å². The van der Waals surface area contributed by atoms with Gasteiger partial charge in [0.05, 0.1) is 19.3 Å². The van der Waals surface area contributed by atoms with Gasteiger partial charge in [0.2, 0.25) is 5.88 Å². The number of nitrogens with one attached hydrogen (secondary N) is 1. The molecule has 20 heavy (non-hydrogen) atoms. The molecule has 0 atom stereocenters. The van der Waals surface area contributed by atoms with E-state index in [1.807, 2.05) is 18.2 Å². The van der Waals surface area contributed by atoms with Crippen molar-refractivity contribution in [3.63, 3.8) is 0 Å². The second-order valence-electron chi connectivity index (χ2n) is 4.92. The third-order valence-corrected chi connectivity index (χ3v) is 3.15. The molecular weight excluding hydrogens is 250 g/mol. The van der Waals surface area contributed by atoms with E-state index in [9.17, 15) is 0 Å². The second kappa shape index (κ2) is 6.28. The van der Waals surface area contributed by atoms with Crippen LogP contribution in [0.5, 0.6) is 5.88 Å². The Morgan fingerprint density at radius 3 is 2.70 bits per heavy atom. The SMILES string of the molecule is COc1cccc(CNc2ccc(C)c(N(C)C)c2)n1. The number of hydrogen-bond donors (Lipinski definition) is 1. The zero-order valence-electron chi connectivity index (χ0n) is 12.5. The fraction of sp³-hybridized carbons (Fsp3) is 0.312. The summed E-state index contributed by atoms with van der Waals surface area (Å²) >= 11 is 0. The number of aryl methyl sites for hydroxylation is 1. The average molecular weight is 271 g/mol. The van der Waals surface area contributed by atoms with Gasteiger partial charge in [-0.15, -0.1) is 0 Å². The third kappa shape index (κ3) is 3.41. The minimum absolute atomic E-state index is 0.641. The van der Waals surface area contributed by atoms with Crippen LogP contribution in [0.25, 0.3) is 0 Å². The molecule has 2 rings (SSSR count). The fourth-order valence-electron chi connectivity index (χ4n) is 2.06. The molecule has 2 aromatic rings. The Kier molecular flexibility index (Phi) is 4.45. The van der Waals surface area contributed by atoms with Gasteiger partial charge in [-0.25, -0.2) is 4.98 Å². The number of nitrogens with zero attached hydrogens (tertiary/aromatic N) is 2. The lowest BCUT2D eigenvalue weighted by atomic mass is 10.1. The quantitative estimate of drug-likeness (QED) is 0.907. The van der Waals surface area contributed by atoms with Crippen LogP contribution in [0.2, 0.25) is 0 Å². The molecule has 0 aliphatic carbocycles. The molecule has 0 aliphatic heterocycles. The molecular formula is C16H21N3O. The molecule has 1 N–H and O–H groups in total. The third-order valence-electron chi connectivity index (χ3n) is 3.15. The van der Waals surface area contributed by atoms with Gasteiger partial charge in [0, 0.05) is 31.5 Å². The summed E-state index contributed by atoms with van der Waals surface area (Å²) in [7, 11) is 5.73. The van der Waals surface area contributed by atoms with Gasteiger partial charge in [-0.1, -0.05) is 12.1 Å². The lowest BCUT2D eigenvalue weighted by Crippen LogP contribution is -2.11. The molecule has 1 heterocycles. The van der Waals surface area contributed by atoms with Crippen LogP contribution in [0.3, 0.4) is 0 Å². The Morgan fingerprint density at radius 1 is 1.20 bits per heavy atom. The minimum Gasteiger partial charge on any atom is -0.481 e. The van der Waals surface area contributed by atoms with E-state index in [4.69, 9.17) is 4.74 Å². The number of rotatable bonds is 5. The van der Waals surface area contributed by atoms with E-state index >= 15 is 0 Å². The van der Waals surface area contributed by atoms with Crippen molar-refractivity contribution in [3.05, 3.63) is 47.7 Å². The van der Waals surface area contributed by atoms with E-state index in [0.717, 1.165) is 11.4 Å². The highest BCUT2D eigenvalue weighted by Crippen LogP contribution is 2.22. The normalized spacial score (nSPS) is 10.2. The summed E-state index contributed by atoms with van der Waals surface area (Å²) in [5, 5.41) is 3.39. The fourth-order valence-corrected chi connectivity index (χ4v) is 2.06. The summed E-state index contributed by atoms with van der Waals surface area (Å²) in [6.45, 7) is 2.79. The van der Waals surface area contributed by atoms with Crippen LogP contribution < -0.4 is 15.0 Å². The lowest BCUT2D eigenvalue weighted by Gasteiger charge is -2.17. The first-order valence-corrected chi connectivity index (χ1v) is 6.62. The summed E-state index contributed by atoms with van der Waals surface area (Å²) in [5.41, 5.74) is 4.52. The number of aromatic nitrogens is 1. The van der Waals surface area contributed by atoms with Crippen molar-refractivity contribution in [2.75, 3.05) is 31.4 Å². The minimum atomic E-state index is 0.641. The Labute approximate surface area is 120 Å². The maximum atomic E-state index is 5.13. The van der Waals surface area contributed by atoms with Gasteiger partial charge in [-0.05, 0) is 30.7 Å². The van der Waals surface area contributed by atoms with Crippen LogP contribution in [0.15, 0.2) is 36.4 Å². The van der Waals surface area contributed by atoms with Gasteiger partial charge in [0.1, 0.15) is 0 Å². The van der Waals surface area contributed by atoms with E-state index in [0.29, 0.717) is 12.4 Å². The molecule has 0 amide bonds. The summed E-state index contributed by atoms with van der Waals surface area (Å²) in [6.07, 6.45) is 0. The number of hydrogen-bond acceptors (Lipinski definition) is 4. The van der Waals surface area contributed by atoms with Gasteiger partial charge in [-0.3, -0.25) is 0 Å². The molecule has 4 nitrogen and oxygen atoms in total. The molecule has 0 aliphatic rings. The van der Waals surface area contributed by atoms with E-state index in [2.05, 4.69) is 54.4 Å². The van der Waals surface area contributed by atoms with Gasteiger partial charge in [0.25, 0.3) is 0 Å². The standard InChI is InChI=1S/C16H21N3O/c1-12-8-9-13(10-15(12)19(2)3)17-11-14-6-5-7-16(18-14)20-4/h5-10,17H,11H2,1-4H3. The highest BCUT2D eigenvalue weighted by molar-refractivity contribution is 5.61. The van der Waals surface area contributed by atoms with Crippen molar-refractivity contribution in [1.82, 2.24) is 4.98 Å². The molecule has 0 spiro atoms. The Hall–Kier alpha value is -2.23. The molecule has 1 aromatic carbocycles. The number of benzene rings is 1. The molecule has 0 saturated carbocycles. The molecule has 0 radical (unpaired) electrons. The van der Waals surface area contributed by atoms with E-state index in [-0.39, 0.29) is 0 Å². The Bertz CT molecular complexity index is 582. The highest BCUT2D eigenvalue weighted by atomic mass is 16.5. The average Bonchev–Trinajstić information content (AvgIpc) is 2.46. The van der Waals surface area contributed by atoms with Crippen molar-refractivity contribution in [2.24, 2.45) is 0 Å². The van der Waals surface area contributed by atoms with Crippen LogP contribution in [0, 0.1) is 6.92 Å². The second-order valence-corrected chi connectivity index (χ2v) is 4.92. The van der Waals surface area contributed by atoms with Crippen molar-refractivity contribution in [3.8, 4) is 5.88 Å². The molecule has 106 valence electrons. The van der Waals surface area contributed by atoms with Crippen LogP contribution >= 0.6 is 0 Å². The molecule has 0 unspecified atom stereocenters. The van der Waals surface area contributed by atoms with Crippen LogP contribution in [0.1, 0.15) is 11.3 Å². The van der Waals surface area contributed by atoms with Crippen LogP contribution in [-0.4, -0.2) is 26.2 Å². The summed E-state index contributed by atoms with van der Waals surface area (Å²) in [6, 6.07) is 12.1. The summed E-state index contributed by atoms with van der Waals surface area (Å²) < 4.78 is 5.13.